The lowest BCUT2D eigenvalue weighted by Gasteiger charge is -2.32. The zero-order valence-corrected chi connectivity index (χ0v) is 34.1. The summed E-state index contributed by atoms with van der Waals surface area (Å²) in [5, 5.41) is 6.35. The number of rotatable bonds is 7. The van der Waals surface area contributed by atoms with E-state index in [-0.39, 0.29) is 11.0 Å². The molecule has 5 nitrogen and oxygen atoms in total. The lowest BCUT2D eigenvalue weighted by molar-refractivity contribution is 0.0842. The Morgan fingerprint density at radius 2 is 1.08 bits per heavy atom. The average molecular weight is 767 g/mol. The van der Waals surface area contributed by atoms with Crippen molar-refractivity contribution in [2.45, 2.75) is 45.6 Å². The van der Waals surface area contributed by atoms with Gasteiger partial charge in [0.25, 0.3) is 0 Å². The molecule has 0 saturated heterocycles. The van der Waals surface area contributed by atoms with Gasteiger partial charge in [0, 0.05) is 22.4 Å². The first-order valence-corrected chi connectivity index (χ1v) is 20.4. The number of hydroxylamine groups is 1. The maximum absolute atomic E-state index is 6.57. The van der Waals surface area contributed by atoms with Crippen LogP contribution in [-0.4, -0.2) is 15.1 Å². The first kappa shape index (κ1) is 36.4. The number of nitrogens with zero attached hydrogens (tertiary/aromatic N) is 4. The summed E-state index contributed by atoms with van der Waals surface area (Å²) in [6.07, 6.45) is 1.96. The molecule has 0 bridgehead atoms. The second-order valence-corrected chi connectivity index (χ2v) is 17.0. The molecule has 0 atom stereocenters. The van der Waals surface area contributed by atoms with Gasteiger partial charge in [0.15, 0.2) is 0 Å². The van der Waals surface area contributed by atoms with Crippen molar-refractivity contribution >= 4 is 38.9 Å². The van der Waals surface area contributed by atoms with Crippen LogP contribution in [0.4, 0.5) is 17.1 Å². The number of pyridine rings is 1. The van der Waals surface area contributed by atoms with E-state index >= 15 is 0 Å². The van der Waals surface area contributed by atoms with E-state index in [0.29, 0.717) is 0 Å². The highest BCUT2D eigenvalue weighted by atomic mass is 16.8. The Morgan fingerprint density at radius 1 is 0.475 bits per heavy atom. The van der Waals surface area contributed by atoms with Gasteiger partial charge in [0.2, 0.25) is 0 Å². The average Bonchev–Trinajstić information content (AvgIpc) is 3.84. The van der Waals surface area contributed by atoms with Crippen molar-refractivity contribution in [3.8, 4) is 39.2 Å². The number of aromatic nitrogens is 2. The zero-order valence-electron chi connectivity index (χ0n) is 34.1. The van der Waals surface area contributed by atoms with Crippen LogP contribution < -0.4 is 10.1 Å². The van der Waals surface area contributed by atoms with Crippen LogP contribution in [0, 0.1) is 0 Å². The highest BCUT2D eigenvalue weighted by Crippen LogP contribution is 2.46. The molecule has 1 aliphatic heterocycles. The summed E-state index contributed by atoms with van der Waals surface area (Å²) < 4.78 is 2.34. The van der Waals surface area contributed by atoms with Crippen molar-refractivity contribution < 1.29 is 4.94 Å². The highest BCUT2D eigenvalue weighted by molar-refractivity contribution is 6.09. The predicted octanol–water partition coefficient (Wildman–Crippen LogP) is 14.1. The van der Waals surface area contributed by atoms with Crippen molar-refractivity contribution in [3.63, 3.8) is 0 Å². The summed E-state index contributed by atoms with van der Waals surface area (Å²) in [7, 11) is 0. The normalized spacial score (nSPS) is 13.0. The highest BCUT2D eigenvalue weighted by Gasteiger charge is 2.36. The molecule has 9 aromatic rings. The van der Waals surface area contributed by atoms with Gasteiger partial charge in [0.1, 0.15) is 5.82 Å². The molecule has 0 amide bonds. The van der Waals surface area contributed by atoms with Crippen LogP contribution in [0.25, 0.3) is 61.0 Å². The van der Waals surface area contributed by atoms with Crippen LogP contribution in [-0.2, 0) is 10.4 Å². The number of fused-ring (bicyclic) bond motifs is 4. The van der Waals surface area contributed by atoms with Crippen LogP contribution in [0.2, 0.25) is 0 Å². The number of hydrogen-bond donors (Lipinski definition) is 0. The quantitative estimate of drug-likeness (QED) is 0.162. The maximum atomic E-state index is 6.57. The second-order valence-electron chi connectivity index (χ2n) is 17.0. The molecule has 0 radical (unpaired) electrons. The summed E-state index contributed by atoms with van der Waals surface area (Å²) in [5.74, 6) is 0.876. The minimum Gasteiger partial charge on any atom is -0.294 e. The Labute approximate surface area is 346 Å². The number of para-hydroxylation sites is 3. The van der Waals surface area contributed by atoms with Gasteiger partial charge in [-0.05, 0) is 114 Å². The summed E-state index contributed by atoms with van der Waals surface area (Å²) in [6.45, 7) is 11.1. The zero-order chi connectivity index (χ0) is 40.3. The predicted molar refractivity (Wildman–Crippen MR) is 245 cm³/mol. The molecule has 0 spiro atoms. The van der Waals surface area contributed by atoms with Gasteiger partial charge in [-0.25, -0.2) is 10.0 Å². The van der Waals surface area contributed by atoms with Gasteiger partial charge in [0.05, 0.1) is 33.6 Å². The molecule has 59 heavy (non-hydrogen) atoms. The van der Waals surface area contributed by atoms with E-state index in [1.54, 1.807) is 0 Å². The molecule has 0 unspecified atom stereocenters. The molecular weight excluding hydrogens is 721 g/mol. The van der Waals surface area contributed by atoms with Crippen molar-refractivity contribution in [1.29, 1.82) is 0 Å². The third kappa shape index (κ3) is 6.26. The molecule has 0 saturated carbocycles. The topological polar surface area (TPSA) is 33.5 Å². The Balaban J connectivity index is 1.10. The van der Waals surface area contributed by atoms with E-state index < -0.39 is 0 Å². The van der Waals surface area contributed by atoms with Crippen molar-refractivity contribution in [2.24, 2.45) is 0 Å². The standard InChI is InChI=1S/C54H46N4O/c1-53(2,3)58-49-29-15-14-28-48(49)57(59-58)42-23-16-22-40(35-42)54(4,5)41-30-31-46-45-24-12-13-27-47(45)56(50(46)36-41)51-34-39(32-33-55-51)52-43(37-18-8-6-9-19-37)25-17-26-44(52)38-20-10-7-11-21-38/h6-36H,1-5H3. The van der Waals surface area contributed by atoms with E-state index in [0.717, 1.165) is 39.5 Å². The smallest absolute Gasteiger partial charge is 0.138 e. The first-order chi connectivity index (χ1) is 28.7. The van der Waals surface area contributed by atoms with Crippen LogP contribution in [0.15, 0.2) is 188 Å². The second kappa shape index (κ2) is 14.2. The fourth-order valence-corrected chi connectivity index (χ4v) is 8.72. The van der Waals surface area contributed by atoms with Crippen LogP contribution in [0.3, 0.4) is 0 Å². The van der Waals surface area contributed by atoms with E-state index in [2.05, 4.69) is 221 Å². The van der Waals surface area contributed by atoms with Gasteiger partial charge in [-0.3, -0.25) is 4.57 Å². The summed E-state index contributed by atoms with van der Waals surface area (Å²) in [5.41, 5.74) is 14.2. The maximum Gasteiger partial charge on any atom is 0.138 e. The molecule has 288 valence electrons. The van der Waals surface area contributed by atoms with Gasteiger partial charge in [-0.15, -0.1) is 4.94 Å². The molecule has 2 aromatic heterocycles. The van der Waals surface area contributed by atoms with E-state index in [1.165, 1.54) is 49.7 Å². The minimum atomic E-state index is -0.344. The molecule has 1 aliphatic rings. The van der Waals surface area contributed by atoms with Gasteiger partial charge >= 0.3 is 0 Å². The summed E-state index contributed by atoms with van der Waals surface area (Å²) in [4.78, 5) is 11.7. The third-order valence-electron chi connectivity index (χ3n) is 11.8. The number of hydrogen-bond acceptors (Lipinski definition) is 4. The molecule has 10 rings (SSSR count). The Morgan fingerprint density at radius 3 is 1.80 bits per heavy atom. The Bertz CT molecular complexity index is 2940. The minimum absolute atomic E-state index is 0.223. The van der Waals surface area contributed by atoms with E-state index in [1.807, 2.05) is 16.3 Å². The van der Waals surface area contributed by atoms with Crippen molar-refractivity contribution in [1.82, 2.24) is 9.55 Å². The summed E-state index contributed by atoms with van der Waals surface area (Å²) >= 11 is 0. The third-order valence-corrected chi connectivity index (χ3v) is 11.8. The lowest BCUT2D eigenvalue weighted by Crippen LogP contribution is -2.41. The number of benzene rings is 7. The molecule has 0 N–H and O–H groups in total. The Hall–Kier alpha value is -6.95. The largest absolute Gasteiger partial charge is 0.294 e. The molecule has 7 aromatic carbocycles. The molecule has 0 fully saturated rings. The molecule has 3 heterocycles. The van der Waals surface area contributed by atoms with Crippen LogP contribution >= 0.6 is 0 Å². The monoisotopic (exact) mass is 766 g/mol. The molecule has 5 heteroatoms. The Kier molecular flexibility index (Phi) is 8.73. The fraction of sp³-hybridized carbons (Fsp3) is 0.130. The van der Waals surface area contributed by atoms with E-state index in [9.17, 15) is 0 Å². The SMILES string of the molecule is CC(C)(c1cccc(N2ON(C(C)(C)C)c3ccccc32)c1)c1ccc2c3ccccc3n(-c3cc(-c4c(-c5ccccc5)cccc4-c4ccccc4)ccn3)c2c1. The summed E-state index contributed by atoms with van der Waals surface area (Å²) in [6, 6.07) is 65.2. The first-order valence-electron chi connectivity index (χ1n) is 20.4. The van der Waals surface area contributed by atoms with Gasteiger partial charge in [-0.2, -0.15) is 5.06 Å². The lowest BCUT2D eigenvalue weighted by atomic mass is 9.77. The number of anilines is 3. The fourth-order valence-electron chi connectivity index (χ4n) is 8.72. The van der Waals surface area contributed by atoms with Gasteiger partial charge in [-0.1, -0.05) is 147 Å². The van der Waals surface area contributed by atoms with Crippen molar-refractivity contribution in [3.05, 3.63) is 199 Å². The van der Waals surface area contributed by atoms with Gasteiger partial charge < -0.3 is 0 Å². The van der Waals surface area contributed by atoms with Crippen LogP contribution in [0.1, 0.15) is 45.7 Å². The van der Waals surface area contributed by atoms with Crippen LogP contribution in [0.5, 0.6) is 0 Å². The molecule has 0 aliphatic carbocycles. The van der Waals surface area contributed by atoms with Crippen molar-refractivity contribution in [2.75, 3.05) is 10.1 Å². The molecular formula is C54H46N4O. The van der Waals surface area contributed by atoms with E-state index in [4.69, 9.17) is 9.92 Å².